The van der Waals surface area contributed by atoms with E-state index in [0.717, 1.165) is 32.0 Å². The minimum atomic E-state index is 0.698. The van der Waals surface area contributed by atoms with Crippen molar-refractivity contribution in [2.75, 3.05) is 29.4 Å². The molecule has 1 heterocycles. The van der Waals surface area contributed by atoms with Gasteiger partial charge in [-0.25, -0.2) is 0 Å². The first-order valence-electron chi connectivity index (χ1n) is 7.52. The molecule has 0 amide bonds. The SMILES string of the molecule is CCN(Cc1ccccc1)c1cnnc(N(CC)CC)n1. The molecule has 0 N–H and O–H groups in total. The molecule has 0 atom stereocenters. The first kappa shape index (κ1) is 15.2. The smallest absolute Gasteiger partial charge is 0.247 e. The summed E-state index contributed by atoms with van der Waals surface area (Å²) in [4.78, 5) is 8.97. The van der Waals surface area contributed by atoms with Gasteiger partial charge < -0.3 is 9.80 Å². The van der Waals surface area contributed by atoms with Gasteiger partial charge >= 0.3 is 0 Å². The van der Waals surface area contributed by atoms with Crippen molar-refractivity contribution in [1.82, 2.24) is 15.2 Å². The van der Waals surface area contributed by atoms with E-state index in [1.165, 1.54) is 5.56 Å². The highest BCUT2D eigenvalue weighted by atomic mass is 15.3. The van der Waals surface area contributed by atoms with Crippen LogP contribution in [0.4, 0.5) is 11.8 Å². The summed E-state index contributed by atoms with van der Waals surface area (Å²) in [6.45, 7) is 9.79. The molecule has 0 bridgehead atoms. The minimum absolute atomic E-state index is 0.698. The fraction of sp³-hybridized carbons (Fsp3) is 0.438. The van der Waals surface area contributed by atoms with E-state index in [1.807, 2.05) is 6.07 Å². The topological polar surface area (TPSA) is 45.2 Å². The van der Waals surface area contributed by atoms with Crippen molar-refractivity contribution in [3.8, 4) is 0 Å². The van der Waals surface area contributed by atoms with Crippen LogP contribution in [0.1, 0.15) is 26.3 Å². The molecule has 2 aromatic rings. The van der Waals surface area contributed by atoms with Crippen molar-refractivity contribution in [3.05, 3.63) is 42.1 Å². The second-order valence-electron chi connectivity index (χ2n) is 4.79. The third kappa shape index (κ3) is 3.90. The third-order valence-electron chi connectivity index (χ3n) is 3.50. The molecule has 0 aliphatic heterocycles. The van der Waals surface area contributed by atoms with Crippen molar-refractivity contribution in [1.29, 1.82) is 0 Å². The van der Waals surface area contributed by atoms with Gasteiger partial charge in [-0.1, -0.05) is 30.3 Å². The number of nitrogens with zero attached hydrogens (tertiary/aromatic N) is 5. The molecule has 0 aliphatic rings. The maximum Gasteiger partial charge on any atom is 0.247 e. The largest absolute Gasteiger partial charge is 0.351 e. The van der Waals surface area contributed by atoms with Crippen molar-refractivity contribution >= 4 is 11.8 Å². The molecule has 0 unspecified atom stereocenters. The molecule has 1 aromatic carbocycles. The summed E-state index contributed by atoms with van der Waals surface area (Å²) in [6.07, 6.45) is 1.74. The van der Waals surface area contributed by atoms with Gasteiger partial charge in [-0.2, -0.15) is 10.1 Å². The van der Waals surface area contributed by atoms with Crippen LogP contribution in [0.15, 0.2) is 36.5 Å². The lowest BCUT2D eigenvalue weighted by molar-refractivity contribution is 0.761. The Bertz CT molecular complexity index is 539. The molecule has 2 rings (SSSR count). The molecular formula is C16H23N5. The van der Waals surface area contributed by atoms with Crippen LogP contribution >= 0.6 is 0 Å². The van der Waals surface area contributed by atoms with Gasteiger partial charge in [0.15, 0.2) is 5.82 Å². The Balaban J connectivity index is 2.20. The van der Waals surface area contributed by atoms with Crippen LogP contribution in [0, 0.1) is 0 Å². The highest BCUT2D eigenvalue weighted by Crippen LogP contribution is 2.16. The van der Waals surface area contributed by atoms with E-state index in [2.05, 4.69) is 70.0 Å². The van der Waals surface area contributed by atoms with Crippen molar-refractivity contribution in [2.45, 2.75) is 27.3 Å². The highest BCUT2D eigenvalue weighted by molar-refractivity contribution is 5.42. The number of rotatable bonds is 7. The van der Waals surface area contributed by atoms with Crippen LogP contribution in [0.2, 0.25) is 0 Å². The van der Waals surface area contributed by atoms with Crippen LogP contribution in [-0.2, 0) is 6.54 Å². The van der Waals surface area contributed by atoms with Gasteiger partial charge in [0, 0.05) is 26.2 Å². The van der Waals surface area contributed by atoms with Crippen LogP contribution < -0.4 is 9.80 Å². The maximum atomic E-state index is 4.66. The van der Waals surface area contributed by atoms with Crippen LogP contribution in [0.3, 0.4) is 0 Å². The first-order valence-corrected chi connectivity index (χ1v) is 7.52. The second-order valence-corrected chi connectivity index (χ2v) is 4.79. The molecule has 0 saturated carbocycles. The number of anilines is 2. The van der Waals surface area contributed by atoms with Gasteiger partial charge in [0.2, 0.25) is 5.95 Å². The standard InChI is InChI=1S/C16H23N5/c1-4-20(5-2)16-18-15(12-17-19-16)21(6-3)13-14-10-8-7-9-11-14/h7-12H,4-6,13H2,1-3H3. The monoisotopic (exact) mass is 285 g/mol. The number of aromatic nitrogens is 3. The van der Waals surface area contributed by atoms with E-state index in [4.69, 9.17) is 0 Å². The van der Waals surface area contributed by atoms with E-state index in [-0.39, 0.29) is 0 Å². The average Bonchev–Trinajstić information content (AvgIpc) is 2.55. The second kappa shape index (κ2) is 7.57. The summed E-state index contributed by atoms with van der Waals surface area (Å²) in [7, 11) is 0. The quantitative estimate of drug-likeness (QED) is 0.782. The maximum absolute atomic E-state index is 4.66. The number of hydrogen-bond donors (Lipinski definition) is 0. The van der Waals surface area contributed by atoms with Crippen molar-refractivity contribution in [2.24, 2.45) is 0 Å². The zero-order valence-corrected chi connectivity index (χ0v) is 13.0. The predicted octanol–water partition coefficient (Wildman–Crippen LogP) is 2.74. The van der Waals surface area contributed by atoms with E-state index >= 15 is 0 Å². The van der Waals surface area contributed by atoms with Crippen LogP contribution in [0.5, 0.6) is 0 Å². The minimum Gasteiger partial charge on any atom is -0.351 e. The van der Waals surface area contributed by atoms with E-state index < -0.39 is 0 Å². The molecule has 0 radical (unpaired) electrons. The lowest BCUT2D eigenvalue weighted by Gasteiger charge is -2.24. The molecular weight excluding hydrogens is 262 g/mol. The fourth-order valence-electron chi connectivity index (χ4n) is 2.24. The van der Waals surface area contributed by atoms with Gasteiger partial charge in [-0.05, 0) is 26.3 Å². The van der Waals surface area contributed by atoms with E-state index in [9.17, 15) is 0 Å². The molecule has 1 aromatic heterocycles. The lowest BCUT2D eigenvalue weighted by Crippen LogP contribution is -2.27. The molecule has 5 nitrogen and oxygen atoms in total. The summed E-state index contributed by atoms with van der Waals surface area (Å²) in [5.41, 5.74) is 1.27. The Kier molecular flexibility index (Phi) is 5.49. The Morgan fingerprint density at radius 2 is 1.57 bits per heavy atom. The highest BCUT2D eigenvalue weighted by Gasteiger charge is 2.11. The van der Waals surface area contributed by atoms with Gasteiger partial charge in [0.1, 0.15) is 0 Å². The molecule has 112 valence electrons. The Morgan fingerprint density at radius 3 is 2.19 bits per heavy atom. The fourth-order valence-corrected chi connectivity index (χ4v) is 2.24. The van der Waals surface area contributed by atoms with Crippen LogP contribution in [0.25, 0.3) is 0 Å². The Morgan fingerprint density at radius 1 is 0.905 bits per heavy atom. The Hall–Kier alpha value is -2.17. The molecule has 5 heteroatoms. The number of benzene rings is 1. The zero-order valence-electron chi connectivity index (χ0n) is 13.0. The normalized spacial score (nSPS) is 10.4. The summed E-state index contributed by atoms with van der Waals surface area (Å²) in [5, 5.41) is 8.26. The first-order chi connectivity index (χ1) is 10.3. The van der Waals surface area contributed by atoms with Crippen molar-refractivity contribution < 1.29 is 0 Å². The molecule has 21 heavy (non-hydrogen) atoms. The summed E-state index contributed by atoms with van der Waals surface area (Å²) >= 11 is 0. The van der Waals surface area contributed by atoms with Gasteiger partial charge in [-0.3, -0.25) is 0 Å². The average molecular weight is 285 g/mol. The van der Waals surface area contributed by atoms with Gasteiger partial charge in [-0.15, -0.1) is 5.10 Å². The summed E-state index contributed by atoms with van der Waals surface area (Å²) in [5.74, 6) is 1.57. The third-order valence-corrected chi connectivity index (χ3v) is 3.50. The Labute approximate surface area is 126 Å². The van der Waals surface area contributed by atoms with Gasteiger partial charge in [0.25, 0.3) is 0 Å². The molecule has 0 spiro atoms. The summed E-state index contributed by atoms with van der Waals surface area (Å²) in [6, 6.07) is 10.4. The molecule has 0 aliphatic carbocycles. The van der Waals surface area contributed by atoms with E-state index in [0.29, 0.717) is 5.95 Å². The molecule has 0 fully saturated rings. The predicted molar refractivity (Wildman–Crippen MR) is 86.6 cm³/mol. The zero-order chi connectivity index (χ0) is 15.1. The molecule has 0 saturated heterocycles. The lowest BCUT2D eigenvalue weighted by atomic mass is 10.2. The van der Waals surface area contributed by atoms with E-state index in [1.54, 1.807) is 6.20 Å². The van der Waals surface area contributed by atoms with Crippen molar-refractivity contribution in [3.63, 3.8) is 0 Å². The van der Waals surface area contributed by atoms with Crippen LogP contribution in [-0.4, -0.2) is 34.8 Å². The van der Waals surface area contributed by atoms with Gasteiger partial charge in [0.05, 0.1) is 6.20 Å². The summed E-state index contributed by atoms with van der Waals surface area (Å²) < 4.78 is 0. The number of hydrogen-bond acceptors (Lipinski definition) is 5.